The van der Waals surface area contributed by atoms with Crippen molar-refractivity contribution < 1.29 is 13.6 Å². The van der Waals surface area contributed by atoms with Gasteiger partial charge in [-0.3, -0.25) is 4.79 Å². The normalized spacial score (nSPS) is 14.0. The number of hydrogen-bond acceptors (Lipinski definition) is 3. The van der Waals surface area contributed by atoms with E-state index in [1.165, 1.54) is 12.1 Å². The molecule has 25 heavy (non-hydrogen) atoms. The van der Waals surface area contributed by atoms with Gasteiger partial charge in [0, 0.05) is 24.4 Å². The minimum absolute atomic E-state index is 0.0564. The molecule has 2 heterocycles. The molecule has 3 rings (SSSR count). The summed E-state index contributed by atoms with van der Waals surface area (Å²) in [6.45, 7) is 5.37. The van der Waals surface area contributed by atoms with Gasteiger partial charge in [0.25, 0.3) is 0 Å². The summed E-state index contributed by atoms with van der Waals surface area (Å²) in [6, 6.07) is 4.20. The molecule has 0 bridgehead atoms. The number of carbonyl (C=O) groups excluding carboxylic acids is 1. The molecule has 2 aromatic rings. The van der Waals surface area contributed by atoms with Gasteiger partial charge in [0.2, 0.25) is 5.91 Å². The number of rotatable bonds is 5. The van der Waals surface area contributed by atoms with Crippen molar-refractivity contribution in [2.45, 2.75) is 46.1 Å². The molecule has 1 amide bonds. The zero-order valence-corrected chi connectivity index (χ0v) is 15.3. The van der Waals surface area contributed by atoms with Crippen LogP contribution in [-0.4, -0.2) is 22.3 Å². The van der Waals surface area contributed by atoms with Crippen molar-refractivity contribution in [2.24, 2.45) is 5.92 Å². The molecule has 0 aliphatic carbocycles. The van der Waals surface area contributed by atoms with E-state index in [4.69, 9.17) is 16.0 Å². The average Bonchev–Trinajstić information content (AvgIpc) is 2.93. The highest BCUT2D eigenvalue weighted by atomic mass is 35.5. The molecule has 0 saturated carbocycles. The zero-order chi connectivity index (χ0) is 18.0. The number of amides is 1. The molecule has 1 aliphatic heterocycles. The molecule has 134 valence electrons. The molecule has 0 N–H and O–H groups in total. The summed E-state index contributed by atoms with van der Waals surface area (Å²) < 4.78 is 19.2. The number of hydrogen-bond donors (Lipinski definition) is 0. The number of aromatic nitrogens is 1. The Morgan fingerprint density at radius 1 is 1.40 bits per heavy atom. The van der Waals surface area contributed by atoms with E-state index in [-0.39, 0.29) is 12.3 Å². The zero-order valence-electron chi connectivity index (χ0n) is 14.5. The van der Waals surface area contributed by atoms with Crippen LogP contribution in [0.1, 0.15) is 43.2 Å². The van der Waals surface area contributed by atoms with E-state index in [1.54, 1.807) is 11.0 Å². The van der Waals surface area contributed by atoms with Crippen LogP contribution in [-0.2, 0) is 30.6 Å². The number of oxazole rings is 1. The van der Waals surface area contributed by atoms with Gasteiger partial charge < -0.3 is 9.32 Å². The molecule has 6 heteroatoms. The number of halogens is 2. The molecule has 0 saturated heterocycles. The summed E-state index contributed by atoms with van der Waals surface area (Å²) in [5.41, 5.74) is 1.43. The highest BCUT2D eigenvalue weighted by molar-refractivity contribution is 6.30. The molecular weight excluding hydrogens is 343 g/mol. The molecule has 0 fully saturated rings. The van der Waals surface area contributed by atoms with Gasteiger partial charge in [-0.15, -0.1) is 0 Å². The number of aryl methyl sites for hydroxylation is 1. The Morgan fingerprint density at radius 3 is 2.92 bits per heavy atom. The number of benzene rings is 1. The molecule has 1 aromatic heterocycles. The van der Waals surface area contributed by atoms with Gasteiger partial charge in [0.15, 0.2) is 5.89 Å². The minimum atomic E-state index is -0.428. The van der Waals surface area contributed by atoms with Crippen molar-refractivity contribution in [2.75, 3.05) is 6.54 Å². The van der Waals surface area contributed by atoms with Crippen LogP contribution in [0.25, 0.3) is 0 Å². The summed E-state index contributed by atoms with van der Waals surface area (Å²) in [7, 11) is 0. The van der Waals surface area contributed by atoms with E-state index < -0.39 is 5.82 Å². The van der Waals surface area contributed by atoms with Crippen LogP contribution in [0.4, 0.5) is 4.39 Å². The van der Waals surface area contributed by atoms with E-state index in [2.05, 4.69) is 18.8 Å². The van der Waals surface area contributed by atoms with Crippen LogP contribution in [0.15, 0.2) is 22.6 Å². The van der Waals surface area contributed by atoms with E-state index >= 15 is 0 Å². The second kappa shape index (κ2) is 7.56. The fourth-order valence-corrected chi connectivity index (χ4v) is 3.23. The Balaban J connectivity index is 1.64. The van der Waals surface area contributed by atoms with Gasteiger partial charge in [-0.1, -0.05) is 25.4 Å². The molecule has 1 aromatic carbocycles. The Morgan fingerprint density at radius 2 is 2.20 bits per heavy atom. The minimum Gasteiger partial charge on any atom is -0.445 e. The van der Waals surface area contributed by atoms with Crippen molar-refractivity contribution >= 4 is 17.5 Å². The maximum absolute atomic E-state index is 13.4. The maximum Gasteiger partial charge on any atom is 0.227 e. The Labute approximate surface area is 152 Å². The molecule has 0 atom stereocenters. The first-order valence-corrected chi connectivity index (χ1v) is 8.98. The highest BCUT2D eigenvalue weighted by Gasteiger charge is 2.25. The standard InChI is InChI=1S/C19H22ClFN2O2/c1-12(2)3-4-18-22-16-11-23(6-5-17(16)25-18)19(24)9-13-7-14(20)10-15(21)8-13/h7-8,10,12H,3-6,9,11H2,1-2H3. The molecule has 1 aliphatic rings. The summed E-state index contributed by atoms with van der Waals surface area (Å²) in [6.07, 6.45) is 2.65. The fourth-order valence-electron chi connectivity index (χ4n) is 2.98. The van der Waals surface area contributed by atoms with Gasteiger partial charge in [-0.25, -0.2) is 9.37 Å². The number of nitrogens with zero attached hydrogens (tertiary/aromatic N) is 2. The quantitative estimate of drug-likeness (QED) is 0.799. The summed E-state index contributed by atoms with van der Waals surface area (Å²) in [5.74, 6) is 1.75. The van der Waals surface area contributed by atoms with Crippen molar-refractivity contribution in [3.63, 3.8) is 0 Å². The third-order valence-corrected chi connectivity index (χ3v) is 4.56. The van der Waals surface area contributed by atoms with E-state index in [0.717, 1.165) is 30.2 Å². The van der Waals surface area contributed by atoms with Crippen LogP contribution < -0.4 is 0 Å². The smallest absolute Gasteiger partial charge is 0.227 e. The van der Waals surface area contributed by atoms with Gasteiger partial charge in [0.1, 0.15) is 17.3 Å². The second-order valence-corrected chi connectivity index (χ2v) is 7.37. The van der Waals surface area contributed by atoms with Crippen molar-refractivity contribution in [3.05, 3.63) is 51.9 Å². The lowest BCUT2D eigenvalue weighted by atomic mass is 10.1. The van der Waals surface area contributed by atoms with Crippen LogP contribution in [0.2, 0.25) is 5.02 Å². The topological polar surface area (TPSA) is 46.3 Å². The van der Waals surface area contributed by atoms with Crippen molar-refractivity contribution in [1.29, 1.82) is 0 Å². The predicted molar refractivity (Wildman–Crippen MR) is 93.9 cm³/mol. The van der Waals surface area contributed by atoms with Crippen LogP contribution in [0, 0.1) is 11.7 Å². The summed E-state index contributed by atoms with van der Waals surface area (Å²) in [5, 5.41) is 0.301. The van der Waals surface area contributed by atoms with Gasteiger partial charge in [-0.2, -0.15) is 0 Å². The molecule has 0 spiro atoms. The maximum atomic E-state index is 13.4. The molecule has 4 nitrogen and oxygen atoms in total. The molecule has 0 unspecified atom stereocenters. The van der Waals surface area contributed by atoms with Crippen LogP contribution in [0.3, 0.4) is 0 Å². The van der Waals surface area contributed by atoms with E-state index in [9.17, 15) is 9.18 Å². The Kier molecular flexibility index (Phi) is 5.42. The average molecular weight is 365 g/mol. The first kappa shape index (κ1) is 17.9. The first-order valence-electron chi connectivity index (χ1n) is 8.61. The Bertz CT molecular complexity index is 753. The third kappa shape index (κ3) is 4.60. The van der Waals surface area contributed by atoms with Crippen molar-refractivity contribution in [1.82, 2.24) is 9.88 Å². The predicted octanol–water partition coefficient (Wildman–Crippen LogP) is 4.18. The number of fused-ring (bicyclic) bond motifs is 1. The fraction of sp³-hybridized carbons (Fsp3) is 0.474. The van der Waals surface area contributed by atoms with Crippen LogP contribution in [0.5, 0.6) is 0 Å². The lowest BCUT2D eigenvalue weighted by Gasteiger charge is -2.25. The third-order valence-electron chi connectivity index (χ3n) is 4.34. The SMILES string of the molecule is CC(C)CCc1nc2c(o1)CCN(C(=O)Cc1cc(F)cc(Cl)c1)C2. The summed E-state index contributed by atoms with van der Waals surface area (Å²) in [4.78, 5) is 18.8. The van der Waals surface area contributed by atoms with E-state index in [0.29, 0.717) is 36.0 Å². The van der Waals surface area contributed by atoms with Crippen LogP contribution >= 0.6 is 11.6 Å². The van der Waals surface area contributed by atoms with Gasteiger partial charge in [-0.05, 0) is 36.1 Å². The lowest BCUT2D eigenvalue weighted by molar-refractivity contribution is -0.131. The largest absolute Gasteiger partial charge is 0.445 e. The van der Waals surface area contributed by atoms with Gasteiger partial charge >= 0.3 is 0 Å². The Hall–Kier alpha value is -1.88. The number of carbonyl (C=O) groups is 1. The first-order chi connectivity index (χ1) is 11.9. The molecule has 0 radical (unpaired) electrons. The van der Waals surface area contributed by atoms with Crippen molar-refractivity contribution in [3.8, 4) is 0 Å². The second-order valence-electron chi connectivity index (χ2n) is 6.93. The summed E-state index contributed by atoms with van der Waals surface area (Å²) >= 11 is 5.85. The van der Waals surface area contributed by atoms with Gasteiger partial charge in [0.05, 0.1) is 13.0 Å². The lowest BCUT2D eigenvalue weighted by Crippen LogP contribution is -2.36. The molecular formula is C19H22ClFN2O2. The highest BCUT2D eigenvalue weighted by Crippen LogP contribution is 2.22. The van der Waals surface area contributed by atoms with E-state index in [1.807, 2.05) is 0 Å². The monoisotopic (exact) mass is 364 g/mol.